The highest BCUT2D eigenvalue weighted by Gasteiger charge is 1.99. The van der Waals surface area contributed by atoms with Gasteiger partial charge in [-0.1, -0.05) is 23.7 Å². The van der Waals surface area contributed by atoms with Crippen LogP contribution in [-0.2, 0) is 6.54 Å². The minimum Gasteiger partial charge on any atom is -0.491 e. The van der Waals surface area contributed by atoms with E-state index < -0.39 is 0 Å². The summed E-state index contributed by atoms with van der Waals surface area (Å²) in [7, 11) is 0. The molecule has 1 N–H and O–H groups in total. The molecule has 2 rings (SSSR count). The van der Waals surface area contributed by atoms with E-state index in [9.17, 15) is 0 Å². The highest BCUT2D eigenvalue weighted by atomic mass is 79.9. The zero-order valence-corrected chi connectivity index (χ0v) is 12.8. The lowest BCUT2D eigenvalue weighted by Crippen LogP contribution is -2.20. The molecule has 18 heavy (non-hydrogen) atoms. The van der Waals surface area contributed by atoms with Crippen molar-refractivity contribution in [2.45, 2.75) is 6.54 Å². The third-order valence-electron chi connectivity index (χ3n) is 2.29. The summed E-state index contributed by atoms with van der Waals surface area (Å²) in [5.74, 6) is 0.736. The van der Waals surface area contributed by atoms with Crippen LogP contribution in [0.15, 0.2) is 40.2 Å². The van der Waals surface area contributed by atoms with Gasteiger partial charge in [0.15, 0.2) is 0 Å². The molecule has 5 heteroatoms. The van der Waals surface area contributed by atoms with E-state index in [-0.39, 0.29) is 0 Å². The van der Waals surface area contributed by atoms with Crippen molar-refractivity contribution in [3.05, 3.63) is 50.1 Å². The Morgan fingerprint density at radius 3 is 2.89 bits per heavy atom. The first-order valence-electron chi connectivity index (χ1n) is 5.56. The second-order valence-corrected chi connectivity index (χ2v) is 6.01. The number of benzene rings is 1. The van der Waals surface area contributed by atoms with Crippen molar-refractivity contribution < 1.29 is 4.74 Å². The minimum atomic E-state index is 0.607. The maximum Gasteiger partial charge on any atom is 0.137 e. The van der Waals surface area contributed by atoms with Crippen molar-refractivity contribution in [2.24, 2.45) is 0 Å². The van der Waals surface area contributed by atoms with Gasteiger partial charge >= 0.3 is 0 Å². The van der Waals surface area contributed by atoms with Gasteiger partial charge in [0.1, 0.15) is 12.4 Å². The zero-order valence-electron chi connectivity index (χ0n) is 9.66. The van der Waals surface area contributed by atoms with Crippen molar-refractivity contribution in [3.8, 4) is 5.75 Å². The van der Waals surface area contributed by atoms with Gasteiger partial charge in [-0.3, -0.25) is 0 Å². The molecule has 0 aliphatic heterocycles. The van der Waals surface area contributed by atoms with E-state index in [1.807, 2.05) is 24.3 Å². The van der Waals surface area contributed by atoms with E-state index in [4.69, 9.17) is 16.3 Å². The molecule has 0 radical (unpaired) electrons. The van der Waals surface area contributed by atoms with E-state index in [0.717, 1.165) is 23.3 Å². The first-order chi connectivity index (χ1) is 8.75. The molecule has 0 spiro atoms. The standard InChI is InChI=1S/C13H13BrClNOS/c14-10-7-11(18-9-10)8-16-5-6-17-13-4-2-1-3-12(13)15/h1-4,7,9,16H,5-6,8H2. The minimum absolute atomic E-state index is 0.607. The molecule has 1 aromatic heterocycles. The molecule has 2 nitrogen and oxygen atoms in total. The molecule has 0 saturated heterocycles. The molecular formula is C13H13BrClNOS. The van der Waals surface area contributed by atoms with Crippen LogP contribution in [0.4, 0.5) is 0 Å². The molecule has 0 aliphatic carbocycles. The molecule has 0 saturated carbocycles. The number of ether oxygens (including phenoxy) is 1. The number of rotatable bonds is 6. The third-order valence-corrected chi connectivity index (χ3v) is 4.30. The molecule has 0 atom stereocenters. The fraction of sp³-hybridized carbons (Fsp3) is 0.231. The molecule has 0 amide bonds. The Balaban J connectivity index is 1.66. The lowest BCUT2D eigenvalue weighted by atomic mass is 10.3. The fourth-order valence-corrected chi connectivity index (χ4v) is 3.06. The van der Waals surface area contributed by atoms with E-state index >= 15 is 0 Å². The van der Waals surface area contributed by atoms with Crippen molar-refractivity contribution in [3.63, 3.8) is 0 Å². The molecule has 2 aromatic rings. The van der Waals surface area contributed by atoms with Gasteiger partial charge < -0.3 is 10.1 Å². The van der Waals surface area contributed by atoms with Gasteiger partial charge in [0.05, 0.1) is 5.02 Å². The summed E-state index contributed by atoms with van der Waals surface area (Å²) < 4.78 is 6.72. The topological polar surface area (TPSA) is 21.3 Å². The highest BCUT2D eigenvalue weighted by molar-refractivity contribution is 9.10. The number of para-hydroxylation sites is 1. The van der Waals surface area contributed by atoms with Gasteiger partial charge in [-0.15, -0.1) is 11.3 Å². The van der Waals surface area contributed by atoms with Crippen molar-refractivity contribution in [1.29, 1.82) is 0 Å². The Labute approximate surface area is 124 Å². The fourth-order valence-electron chi connectivity index (χ4n) is 1.45. The summed E-state index contributed by atoms with van der Waals surface area (Å²) in [6.45, 7) is 2.26. The number of thiophene rings is 1. The number of hydrogen-bond donors (Lipinski definition) is 1. The second kappa shape index (κ2) is 7.14. The quantitative estimate of drug-likeness (QED) is 0.786. The van der Waals surface area contributed by atoms with Gasteiger partial charge in [0, 0.05) is 27.8 Å². The van der Waals surface area contributed by atoms with Gasteiger partial charge in [0.25, 0.3) is 0 Å². The third kappa shape index (κ3) is 4.28. The second-order valence-electron chi connectivity index (χ2n) is 3.69. The Morgan fingerprint density at radius 1 is 1.33 bits per heavy atom. The average molecular weight is 347 g/mol. The summed E-state index contributed by atoms with van der Waals surface area (Å²) in [5.41, 5.74) is 0. The molecular weight excluding hydrogens is 334 g/mol. The molecule has 1 heterocycles. The molecule has 0 bridgehead atoms. The number of nitrogens with one attached hydrogen (secondary N) is 1. The van der Waals surface area contributed by atoms with E-state index in [2.05, 4.69) is 32.7 Å². The van der Waals surface area contributed by atoms with E-state index in [1.165, 1.54) is 4.88 Å². The Bertz CT molecular complexity index is 503. The van der Waals surface area contributed by atoms with Crippen LogP contribution in [0.2, 0.25) is 5.02 Å². The number of halogens is 2. The van der Waals surface area contributed by atoms with Gasteiger partial charge in [-0.05, 0) is 34.1 Å². The molecule has 0 unspecified atom stereocenters. The predicted molar refractivity (Wildman–Crippen MR) is 80.7 cm³/mol. The van der Waals surface area contributed by atoms with Crippen LogP contribution in [-0.4, -0.2) is 13.2 Å². The maximum absolute atomic E-state index is 5.99. The van der Waals surface area contributed by atoms with Crippen molar-refractivity contribution in [1.82, 2.24) is 5.32 Å². The monoisotopic (exact) mass is 345 g/mol. The highest BCUT2D eigenvalue weighted by Crippen LogP contribution is 2.22. The summed E-state index contributed by atoms with van der Waals surface area (Å²) in [4.78, 5) is 1.31. The Hall–Kier alpha value is -0.550. The van der Waals surface area contributed by atoms with Crippen LogP contribution in [0.3, 0.4) is 0 Å². The predicted octanol–water partition coefficient (Wildman–Crippen LogP) is 4.33. The average Bonchev–Trinajstić information content (AvgIpc) is 2.77. The van der Waals surface area contributed by atoms with Gasteiger partial charge in [-0.25, -0.2) is 0 Å². The van der Waals surface area contributed by atoms with Gasteiger partial charge in [0.2, 0.25) is 0 Å². The Kier molecular flexibility index (Phi) is 5.50. The largest absolute Gasteiger partial charge is 0.491 e. The molecule has 1 aromatic carbocycles. The van der Waals surface area contributed by atoms with Crippen LogP contribution in [0.1, 0.15) is 4.88 Å². The lowest BCUT2D eigenvalue weighted by molar-refractivity contribution is 0.314. The Morgan fingerprint density at radius 2 is 2.17 bits per heavy atom. The maximum atomic E-state index is 5.99. The summed E-state index contributed by atoms with van der Waals surface area (Å²) >= 11 is 11.2. The smallest absolute Gasteiger partial charge is 0.137 e. The van der Waals surface area contributed by atoms with E-state index in [1.54, 1.807) is 11.3 Å². The van der Waals surface area contributed by atoms with E-state index in [0.29, 0.717) is 11.6 Å². The van der Waals surface area contributed by atoms with Crippen LogP contribution >= 0.6 is 38.9 Å². The lowest BCUT2D eigenvalue weighted by Gasteiger charge is -2.08. The zero-order chi connectivity index (χ0) is 12.8. The van der Waals surface area contributed by atoms with Crippen LogP contribution in [0.5, 0.6) is 5.75 Å². The van der Waals surface area contributed by atoms with Gasteiger partial charge in [-0.2, -0.15) is 0 Å². The van der Waals surface area contributed by atoms with Crippen molar-refractivity contribution in [2.75, 3.05) is 13.2 Å². The van der Waals surface area contributed by atoms with Crippen LogP contribution in [0, 0.1) is 0 Å². The molecule has 0 aliphatic rings. The van der Waals surface area contributed by atoms with Crippen LogP contribution < -0.4 is 10.1 Å². The number of hydrogen-bond acceptors (Lipinski definition) is 3. The summed E-state index contributed by atoms with van der Waals surface area (Å²) in [6, 6.07) is 9.62. The molecule has 0 fully saturated rings. The summed E-state index contributed by atoms with van der Waals surface area (Å²) in [6.07, 6.45) is 0. The van der Waals surface area contributed by atoms with Crippen molar-refractivity contribution >= 4 is 38.9 Å². The van der Waals surface area contributed by atoms with Crippen LogP contribution in [0.25, 0.3) is 0 Å². The molecule has 96 valence electrons. The SMILES string of the molecule is Clc1ccccc1OCCNCc1cc(Br)cs1. The summed E-state index contributed by atoms with van der Waals surface area (Å²) in [5, 5.41) is 6.06. The first kappa shape index (κ1) is 13.9. The normalized spacial score (nSPS) is 10.6. The first-order valence-corrected chi connectivity index (χ1v) is 7.62.